The van der Waals surface area contributed by atoms with Gasteiger partial charge >= 0.3 is 6.09 Å². The molecule has 8 heteroatoms. The van der Waals surface area contributed by atoms with Gasteiger partial charge < -0.3 is 14.5 Å². The molecule has 2 aromatic carbocycles. The molecule has 0 saturated carbocycles. The third-order valence-electron chi connectivity index (χ3n) is 5.72. The van der Waals surface area contributed by atoms with Crippen LogP contribution in [0.25, 0.3) is 0 Å². The van der Waals surface area contributed by atoms with E-state index >= 15 is 0 Å². The van der Waals surface area contributed by atoms with Crippen molar-refractivity contribution in [2.75, 3.05) is 44.2 Å². The van der Waals surface area contributed by atoms with Gasteiger partial charge in [0, 0.05) is 30.9 Å². The Morgan fingerprint density at radius 1 is 1.00 bits per heavy atom. The standard InChI is InChI=1S/C23H25Cl2N3O3/c24-20-8-3-17(15-21(20)25)16-27(12-11-26-9-1-2-10-26)22(29)18-4-6-19(7-5-18)28-13-14-31-23(28)30/h3-8,15H,1-2,9-14,16H2. The number of carbonyl (C=O) groups excluding carboxylic acids is 2. The fourth-order valence-electron chi connectivity index (χ4n) is 3.97. The predicted octanol–water partition coefficient (Wildman–Crippen LogP) is 4.69. The Morgan fingerprint density at radius 3 is 2.39 bits per heavy atom. The summed E-state index contributed by atoms with van der Waals surface area (Å²) in [4.78, 5) is 30.9. The van der Waals surface area contributed by atoms with Gasteiger partial charge in [0.05, 0.1) is 16.6 Å². The van der Waals surface area contributed by atoms with Crippen LogP contribution in [0, 0.1) is 0 Å². The second kappa shape index (κ2) is 9.90. The van der Waals surface area contributed by atoms with Crippen LogP contribution in [0.4, 0.5) is 10.5 Å². The number of carbonyl (C=O) groups is 2. The SMILES string of the molecule is O=C(c1ccc(N2CCOC2=O)cc1)N(CCN1CCCC1)Cc1ccc(Cl)c(Cl)c1. The molecule has 0 bridgehead atoms. The van der Waals surface area contributed by atoms with Gasteiger partial charge in [-0.25, -0.2) is 4.79 Å². The van der Waals surface area contributed by atoms with Crippen molar-refractivity contribution in [1.82, 2.24) is 9.80 Å². The molecule has 0 radical (unpaired) electrons. The van der Waals surface area contributed by atoms with Crippen molar-refractivity contribution in [2.24, 2.45) is 0 Å². The Morgan fingerprint density at radius 2 is 1.74 bits per heavy atom. The third kappa shape index (κ3) is 5.32. The molecule has 2 heterocycles. The first kappa shape index (κ1) is 21.9. The number of nitrogens with zero attached hydrogens (tertiary/aromatic N) is 3. The molecule has 6 nitrogen and oxygen atoms in total. The van der Waals surface area contributed by atoms with Crippen LogP contribution in [-0.4, -0.2) is 61.1 Å². The largest absolute Gasteiger partial charge is 0.447 e. The summed E-state index contributed by atoms with van der Waals surface area (Å²) < 4.78 is 4.99. The summed E-state index contributed by atoms with van der Waals surface area (Å²) >= 11 is 12.2. The second-order valence-corrected chi connectivity index (χ2v) is 8.65. The van der Waals surface area contributed by atoms with Crippen LogP contribution in [-0.2, 0) is 11.3 Å². The second-order valence-electron chi connectivity index (χ2n) is 7.84. The zero-order chi connectivity index (χ0) is 21.8. The monoisotopic (exact) mass is 461 g/mol. The molecule has 0 aliphatic carbocycles. The van der Waals surface area contributed by atoms with E-state index in [9.17, 15) is 9.59 Å². The van der Waals surface area contributed by atoms with Gasteiger partial charge in [0.15, 0.2) is 0 Å². The maximum atomic E-state index is 13.3. The summed E-state index contributed by atoms with van der Waals surface area (Å²) in [5.41, 5.74) is 2.24. The van der Waals surface area contributed by atoms with E-state index in [4.69, 9.17) is 27.9 Å². The van der Waals surface area contributed by atoms with Gasteiger partial charge in [0.2, 0.25) is 0 Å². The molecular formula is C23H25Cl2N3O3. The van der Waals surface area contributed by atoms with Crippen LogP contribution in [0.2, 0.25) is 10.0 Å². The Labute approximate surface area is 192 Å². The highest BCUT2D eigenvalue weighted by Crippen LogP contribution is 2.24. The van der Waals surface area contributed by atoms with Crippen molar-refractivity contribution in [3.8, 4) is 0 Å². The first-order valence-corrected chi connectivity index (χ1v) is 11.3. The van der Waals surface area contributed by atoms with E-state index in [1.165, 1.54) is 12.8 Å². The average Bonchev–Trinajstić information content (AvgIpc) is 3.45. The highest BCUT2D eigenvalue weighted by molar-refractivity contribution is 6.42. The fraction of sp³-hybridized carbons (Fsp3) is 0.391. The van der Waals surface area contributed by atoms with Crippen molar-refractivity contribution in [3.63, 3.8) is 0 Å². The molecule has 0 N–H and O–H groups in total. The lowest BCUT2D eigenvalue weighted by Crippen LogP contribution is -2.37. The summed E-state index contributed by atoms with van der Waals surface area (Å²) in [5, 5.41) is 0.976. The minimum atomic E-state index is -0.356. The summed E-state index contributed by atoms with van der Waals surface area (Å²) in [6.07, 6.45) is 2.06. The minimum Gasteiger partial charge on any atom is -0.447 e. The molecule has 164 valence electrons. The number of hydrogen-bond acceptors (Lipinski definition) is 4. The molecule has 2 aliphatic rings. The predicted molar refractivity (Wildman–Crippen MR) is 122 cm³/mol. The quantitative estimate of drug-likeness (QED) is 0.599. The molecule has 2 saturated heterocycles. The lowest BCUT2D eigenvalue weighted by molar-refractivity contribution is 0.0727. The van der Waals surface area contributed by atoms with E-state index in [-0.39, 0.29) is 12.0 Å². The van der Waals surface area contributed by atoms with Crippen molar-refractivity contribution >= 4 is 40.9 Å². The van der Waals surface area contributed by atoms with Gasteiger partial charge in [-0.2, -0.15) is 0 Å². The number of halogens is 2. The molecule has 2 fully saturated rings. The Hall–Kier alpha value is -2.28. The smallest absolute Gasteiger partial charge is 0.414 e. The molecule has 2 aliphatic heterocycles. The van der Waals surface area contributed by atoms with Crippen molar-refractivity contribution < 1.29 is 14.3 Å². The molecule has 4 rings (SSSR count). The number of cyclic esters (lactones) is 1. The third-order valence-corrected chi connectivity index (χ3v) is 6.46. The van der Waals surface area contributed by atoms with Crippen LogP contribution in [0.5, 0.6) is 0 Å². The molecule has 2 amide bonds. The first-order chi connectivity index (χ1) is 15.0. The Bertz CT molecular complexity index is 946. The highest BCUT2D eigenvalue weighted by atomic mass is 35.5. The first-order valence-electron chi connectivity index (χ1n) is 10.5. The summed E-state index contributed by atoms with van der Waals surface area (Å²) in [6.45, 7) is 4.97. The number of benzene rings is 2. The Kier molecular flexibility index (Phi) is 7.00. The summed E-state index contributed by atoms with van der Waals surface area (Å²) in [5.74, 6) is -0.0548. The molecule has 0 unspecified atom stereocenters. The van der Waals surface area contributed by atoms with Gasteiger partial charge in [-0.1, -0.05) is 29.3 Å². The van der Waals surface area contributed by atoms with Crippen LogP contribution < -0.4 is 4.90 Å². The van der Waals surface area contributed by atoms with Crippen LogP contribution >= 0.6 is 23.2 Å². The number of rotatable bonds is 7. The minimum absolute atomic E-state index is 0.0548. The van der Waals surface area contributed by atoms with E-state index in [1.807, 2.05) is 17.0 Å². The zero-order valence-electron chi connectivity index (χ0n) is 17.2. The van der Waals surface area contributed by atoms with Gasteiger partial charge in [0.25, 0.3) is 5.91 Å². The molecule has 0 spiro atoms. The zero-order valence-corrected chi connectivity index (χ0v) is 18.7. The highest BCUT2D eigenvalue weighted by Gasteiger charge is 2.24. The molecule has 0 atom stereocenters. The lowest BCUT2D eigenvalue weighted by Gasteiger charge is -2.26. The number of amides is 2. The normalized spacial score (nSPS) is 16.6. The van der Waals surface area contributed by atoms with Gasteiger partial charge in [-0.15, -0.1) is 0 Å². The average molecular weight is 462 g/mol. The number of ether oxygens (including phenoxy) is 1. The molecule has 31 heavy (non-hydrogen) atoms. The van der Waals surface area contributed by atoms with Crippen molar-refractivity contribution in [1.29, 1.82) is 0 Å². The van der Waals surface area contributed by atoms with E-state index in [2.05, 4.69) is 4.90 Å². The number of likely N-dealkylation sites (tertiary alicyclic amines) is 1. The van der Waals surface area contributed by atoms with E-state index in [0.29, 0.717) is 41.8 Å². The van der Waals surface area contributed by atoms with Crippen molar-refractivity contribution in [3.05, 3.63) is 63.6 Å². The van der Waals surface area contributed by atoms with Gasteiger partial charge in [-0.3, -0.25) is 9.69 Å². The fourth-order valence-corrected chi connectivity index (χ4v) is 4.29. The van der Waals surface area contributed by atoms with E-state index < -0.39 is 0 Å². The van der Waals surface area contributed by atoms with E-state index in [0.717, 1.165) is 30.9 Å². The number of anilines is 1. The van der Waals surface area contributed by atoms with Gasteiger partial charge in [0.1, 0.15) is 6.61 Å². The number of hydrogen-bond donors (Lipinski definition) is 0. The summed E-state index contributed by atoms with van der Waals surface area (Å²) in [7, 11) is 0. The maximum absolute atomic E-state index is 13.3. The molecular weight excluding hydrogens is 437 g/mol. The van der Waals surface area contributed by atoms with Crippen LogP contribution in [0.15, 0.2) is 42.5 Å². The van der Waals surface area contributed by atoms with E-state index in [1.54, 1.807) is 35.2 Å². The molecule has 0 aromatic heterocycles. The lowest BCUT2D eigenvalue weighted by atomic mass is 10.1. The maximum Gasteiger partial charge on any atom is 0.414 e. The van der Waals surface area contributed by atoms with Crippen LogP contribution in [0.1, 0.15) is 28.8 Å². The van der Waals surface area contributed by atoms with Gasteiger partial charge in [-0.05, 0) is 67.9 Å². The Balaban J connectivity index is 1.50. The summed E-state index contributed by atoms with van der Waals surface area (Å²) in [6, 6.07) is 12.6. The van der Waals surface area contributed by atoms with Crippen molar-refractivity contribution in [2.45, 2.75) is 19.4 Å². The molecule has 2 aromatic rings. The van der Waals surface area contributed by atoms with Crippen LogP contribution in [0.3, 0.4) is 0 Å². The topological polar surface area (TPSA) is 53.1 Å².